The quantitative estimate of drug-likeness (QED) is 0.484. The van der Waals surface area contributed by atoms with E-state index in [0.717, 1.165) is 0 Å². The van der Waals surface area contributed by atoms with Crippen molar-refractivity contribution >= 4 is 17.8 Å². The van der Waals surface area contributed by atoms with Gasteiger partial charge in [0.15, 0.2) is 0 Å². The predicted molar refractivity (Wildman–Crippen MR) is 101 cm³/mol. The highest BCUT2D eigenvalue weighted by Gasteiger charge is 2.47. The van der Waals surface area contributed by atoms with Gasteiger partial charge in [0.1, 0.15) is 0 Å². The lowest BCUT2D eigenvalue weighted by Crippen LogP contribution is -2.45. The lowest BCUT2D eigenvalue weighted by molar-refractivity contribution is -0.00816. The molecule has 0 rings (SSSR count). The molecule has 0 saturated carbocycles. The predicted octanol–water partition coefficient (Wildman–Crippen LogP) is 6.49. The van der Waals surface area contributed by atoms with E-state index >= 15 is 0 Å². The molecule has 0 aliphatic rings. The molecule has 0 aromatic carbocycles. The first-order chi connectivity index (χ1) is 8.55. The molecule has 0 nitrogen and oxygen atoms in total. The highest BCUT2D eigenvalue weighted by molar-refractivity contribution is 8.14. The van der Waals surface area contributed by atoms with Crippen LogP contribution in [-0.2, 0) is 11.8 Å². The first-order valence-corrected chi connectivity index (χ1v) is 12.0. The van der Waals surface area contributed by atoms with Gasteiger partial charge in [0.05, 0.1) is 0 Å². The molecule has 2 heteroatoms. The van der Waals surface area contributed by atoms with Crippen LogP contribution in [0.1, 0.15) is 68.7 Å². The number of hydrogen-bond donors (Lipinski definition) is 0. The van der Waals surface area contributed by atoms with Crippen molar-refractivity contribution in [1.29, 1.82) is 0 Å². The van der Waals surface area contributed by atoms with E-state index in [9.17, 15) is 0 Å². The highest BCUT2D eigenvalue weighted by atomic mass is 32.4. The van der Waals surface area contributed by atoms with Crippen LogP contribution in [-0.4, -0.2) is 19.5 Å². The number of hydrogen-bond acceptors (Lipinski definition) is 1. The summed E-state index contributed by atoms with van der Waals surface area (Å²) in [5.41, 5.74) is 1.00. The molecule has 0 bridgehead atoms. The normalized spacial score (nSPS) is 17.6. The van der Waals surface area contributed by atoms with Crippen LogP contribution < -0.4 is 0 Å². The van der Waals surface area contributed by atoms with Crippen LogP contribution in [0.3, 0.4) is 0 Å². The van der Waals surface area contributed by atoms with Crippen molar-refractivity contribution in [1.82, 2.24) is 0 Å². The van der Waals surface area contributed by atoms with Gasteiger partial charge in [0.2, 0.25) is 0 Å². The monoisotopic (exact) mass is 318 g/mol. The van der Waals surface area contributed by atoms with E-state index in [1.165, 1.54) is 12.6 Å². The van der Waals surface area contributed by atoms with Crippen LogP contribution >= 0.6 is 6.04 Å². The van der Waals surface area contributed by atoms with Gasteiger partial charge in [0.25, 0.3) is 0 Å². The minimum absolute atomic E-state index is 0.298. The summed E-state index contributed by atoms with van der Waals surface area (Å²) >= 11 is 5.79. The molecule has 0 saturated heterocycles. The van der Waals surface area contributed by atoms with Gasteiger partial charge in [-0.25, -0.2) is 0 Å². The standard InChI is InChI=1S/C18H39PS/c1-14(2)16(5,6)12-18(9,15(3)4)17(7,8)13-19(10,11)20/h14-15H,12-13H2,1-11H3/t18-/m0/s1. The van der Waals surface area contributed by atoms with Crippen molar-refractivity contribution in [3.8, 4) is 0 Å². The van der Waals surface area contributed by atoms with Crippen molar-refractivity contribution < 1.29 is 0 Å². The minimum Gasteiger partial charge on any atom is -0.0980 e. The molecule has 0 fully saturated rings. The van der Waals surface area contributed by atoms with Crippen molar-refractivity contribution in [3.05, 3.63) is 0 Å². The largest absolute Gasteiger partial charge is 0.0980 e. The number of rotatable bonds is 7. The maximum Gasteiger partial charge on any atom is -0.0183 e. The van der Waals surface area contributed by atoms with Crippen molar-refractivity contribution in [2.75, 3.05) is 19.5 Å². The van der Waals surface area contributed by atoms with E-state index in [4.69, 9.17) is 11.8 Å². The molecule has 0 aliphatic heterocycles. The smallest absolute Gasteiger partial charge is 0.0183 e. The lowest BCUT2D eigenvalue weighted by Gasteiger charge is -2.53. The van der Waals surface area contributed by atoms with E-state index < -0.39 is 6.04 Å². The minimum atomic E-state index is -1.18. The van der Waals surface area contributed by atoms with E-state index in [1.807, 2.05) is 0 Å². The van der Waals surface area contributed by atoms with Gasteiger partial charge in [-0.3, -0.25) is 0 Å². The molecular weight excluding hydrogens is 279 g/mol. The Morgan fingerprint density at radius 2 is 1.25 bits per heavy atom. The van der Waals surface area contributed by atoms with Crippen molar-refractivity contribution in [2.45, 2.75) is 68.7 Å². The molecule has 0 radical (unpaired) electrons. The highest BCUT2D eigenvalue weighted by Crippen LogP contribution is 2.58. The van der Waals surface area contributed by atoms with Gasteiger partial charge >= 0.3 is 0 Å². The molecule has 0 N–H and O–H groups in total. The molecule has 122 valence electrons. The summed E-state index contributed by atoms with van der Waals surface area (Å²) in [6.07, 6.45) is 2.48. The molecule has 0 spiro atoms. The second-order valence-corrected chi connectivity index (χ2v) is 15.9. The Morgan fingerprint density at radius 1 is 0.850 bits per heavy atom. The molecule has 0 aliphatic carbocycles. The van der Waals surface area contributed by atoms with E-state index in [-0.39, 0.29) is 0 Å². The summed E-state index contributed by atoms with van der Waals surface area (Å²) in [4.78, 5) is 0. The summed E-state index contributed by atoms with van der Waals surface area (Å²) in [7, 11) is 0. The Bertz CT molecular complexity index is 360. The van der Waals surface area contributed by atoms with Gasteiger partial charge in [-0.2, -0.15) is 0 Å². The van der Waals surface area contributed by atoms with Crippen LogP contribution in [0.2, 0.25) is 0 Å². The Balaban J connectivity index is 5.57. The Labute approximate surface area is 134 Å². The average molecular weight is 319 g/mol. The van der Waals surface area contributed by atoms with Gasteiger partial charge < -0.3 is 0 Å². The molecule has 0 aromatic heterocycles. The summed E-state index contributed by atoms with van der Waals surface area (Å²) in [5, 5.41) is 0. The fourth-order valence-corrected chi connectivity index (χ4v) is 6.74. The van der Waals surface area contributed by atoms with Gasteiger partial charge in [-0.15, -0.1) is 0 Å². The van der Waals surface area contributed by atoms with Gasteiger partial charge in [-0.05, 0) is 60.0 Å². The molecule has 0 heterocycles. The van der Waals surface area contributed by atoms with Crippen LogP contribution in [0.5, 0.6) is 0 Å². The fraction of sp³-hybridized carbons (Fsp3) is 1.00. The summed E-state index contributed by atoms with van der Waals surface area (Å²) in [6.45, 7) is 26.4. The molecule has 0 unspecified atom stereocenters. The molecule has 20 heavy (non-hydrogen) atoms. The second kappa shape index (κ2) is 6.41. The lowest BCUT2D eigenvalue weighted by atomic mass is 9.54. The summed E-state index contributed by atoms with van der Waals surface area (Å²) in [5.74, 6) is 1.39. The third kappa shape index (κ3) is 5.13. The van der Waals surface area contributed by atoms with Gasteiger partial charge in [-0.1, -0.05) is 74.1 Å². The average Bonchev–Trinajstić information content (AvgIpc) is 2.11. The fourth-order valence-electron chi connectivity index (χ4n) is 3.51. The second-order valence-electron chi connectivity index (χ2n) is 9.51. The zero-order chi connectivity index (χ0) is 16.6. The van der Waals surface area contributed by atoms with E-state index in [0.29, 0.717) is 28.1 Å². The maximum atomic E-state index is 5.79. The molecular formula is C18H39PS. The molecule has 0 amide bonds. The van der Waals surface area contributed by atoms with Gasteiger partial charge in [0, 0.05) is 0 Å². The third-order valence-electron chi connectivity index (χ3n) is 5.98. The summed E-state index contributed by atoms with van der Waals surface area (Å²) in [6, 6.07) is -1.18. The summed E-state index contributed by atoms with van der Waals surface area (Å²) < 4.78 is 0. The first kappa shape index (κ1) is 20.6. The maximum absolute atomic E-state index is 5.79. The molecule has 0 aromatic rings. The Morgan fingerprint density at radius 3 is 1.50 bits per heavy atom. The van der Waals surface area contributed by atoms with E-state index in [1.54, 1.807) is 0 Å². The first-order valence-electron chi connectivity index (χ1n) is 8.09. The van der Waals surface area contributed by atoms with Crippen LogP contribution in [0.25, 0.3) is 0 Å². The Kier molecular flexibility index (Phi) is 6.62. The van der Waals surface area contributed by atoms with E-state index in [2.05, 4.69) is 75.6 Å². The van der Waals surface area contributed by atoms with Crippen LogP contribution in [0.4, 0.5) is 0 Å². The van der Waals surface area contributed by atoms with Crippen molar-refractivity contribution in [3.63, 3.8) is 0 Å². The van der Waals surface area contributed by atoms with Crippen LogP contribution in [0, 0.1) is 28.1 Å². The topological polar surface area (TPSA) is 0 Å². The SMILES string of the molecule is CC(C)C(C)(C)C[C@@](C)(C(C)C)C(C)(C)CP(C)(C)=S. The van der Waals surface area contributed by atoms with Crippen LogP contribution in [0.15, 0.2) is 0 Å². The van der Waals surface area contributed by atoms with Crippen molar-refractivity contribution in [2.24, 2.45) is 28.1 Å². The zero-order valence-corrected chi connectivity index (χ0v) is 17.6. The third-order valence-corrected chi connectivity index (χ3v) is 7.92. The molecule has 1 atom stereocenters. The zero-order valence-electron chi connectivity index (χ0n) is 15.9. The Hall–Kier alpha value is 0.650.